The average Bonchev–Trinajstić information content (AvgIpc) is 2.82. The molecule has 0 saturated carbocycles. The number of aldehydes is 1. The molecule has 5 nitrogen and oxygen atoms in total. The normalized spacial score (nSPS) is 21.7. The largest absolute Gasteiger partial charge is 0.340 e. The van der Waals surface area contributed by atoms with Crippen LogP contribution in [0.25, 0.3) is 0 Å². The van der Waals surface area contributed by atoms with Crippen molar-refractivity contribution in [3.63, 3.8) is 0 Å². The highest BCUT2D eigenvalue weighted by atomic mass is 16.2. The molecule has 0 N–H and O–H groups in total. The molecule has 0 spiro atoms. The third-order valence-corrected chi connectivity index (χ3v) is 3.92. The molecule has 2 aliphatic heterocycles. The molecule has 1 fully saturated rings. The number of fused-ring (bicyclic) bond motifs is 2. The third-order valence-electron chi connectivity index (χ3n) is 3.92. The van der Waals surface area contributed by atoms with Crippen LogP contribution in [0.2, 0.25) is 0 Å². The van der Waals surface area contributed by atoms with Crippen molar-refractivity contribution in [2.75, 3.05) is 6.54 Å². The maximum Gasteiger partial charge on any atom is 0.271 e. The minimum atomic E-state index is -0.331. The van der Waals surface area contributed by atoms with E-state index in [1.165, 1.54) is 6.20 Å². The Morgan fingerprint density at radius 1 is 1.39 bits per heavy atom. The summed E-state index contributed by atoms with van der Waals surface area (Å²) in [7, 11) is 0. The Kier molecular flexibility index (Phi) is 2.36. The lowest BCUT2D eigenvalue weighted by Crippen LogP contribution is -2.46. The number of rotatable bonds is 1. The molecule has 3 rings (SSSR count). The van der Waals surface area contributed by atoms with Crippen LogP contribution in [-0.2, 0) is 6.54 Å². The molecule has 3 heterocycles. The van der Waals surface area contributed by atoms with Crippen molar-refractivity contribution in [3.8, 4) is 0 Å². The molecule has 18 heavy (non-hydrogen) atoms. The minimum Gasteiger partial charge on any atom is -0.340 e. The zero-order chi connectivity index (χ0) is 12.9. The van der Waals surface area contributed by atoms with Crippen molar-refractivity contribution in [1.82, 2.24) is 9.47 Å². The van der Waals surface area contributed by atoms with Crippen LogP contribution in [0, 0.1) is 6.92 Å². The fourth-order valence-corrected chi connectivity index (χ4v) is 3.00. The van der Waals surface area contributed by atoms with Gasteiger partial charge in [0.2, 0.25) is 0 Å². The van der Waals surface area contributed by atoms with Gasteiger partial charge in [-0.1, -0.05) is 0 Å². The van der Waals surface area contributed by atoms with E-state index >= 15 is 0 Å². The topological polar surface area (TPSA) is 59.4 Å². The molecule has 0 aromatic carbocycles. The van der Waals surface area contributed by atoms with Crippen molar-refractivity contribution < 1.29 is 9.59 Å². The monoisotopic (exact) mass is 246 g/mol. The van der Waals surface area contributed by atoms with E-state index in [2.05, 4.69) is 0 Å². The van der Waals surface area contributed by atoms with Crippen LogP contribution in [0.3, 0.4) is 0 Å². The first kappa shape index (κ1) is 11.2. The molecule has 2 aliphatic rings. The number of carbonyl (C=O) groups excluding carboxylic acids is 2. The van der Waals surface area contributed by atoms with Gasteiger partial charge in [-0.3, -0.25) is 14.4 Å². The van der Waals surface area contributed by atoms with Crippen LogP contribution < -0.4 is 5.43 Å². The van der Waals surface area contributed by atoms with Crippen LogP contribution in [0.1, 0.15) is 39.3 Å². The smallest absolute Gasteiger partial charge is 0.271 e. The standard InChI is InChI=1S/C13H14N2O3/c1-8-11-13(18)15-4-2-3-10(15)6-14(11)5-9(7-16)12(8)17/h5,7,10H,2-4,6H2,1H3. The first-order chi connectivity index (χ1) is 8.63. The molecule has 1 atom stereocenters. The maximum atomic E-state index is 12.3. The zero-order valence-corrected chi connectivity index (χ0v) is 10.2. The number of aromatic nitrogens is 1. The van der Waals surface area contributed by atoms with E-state index in [0.717, 1.165) is 19.4 Å². The second-order valence-electron chi connectivity index (χ2n) is 4.95. The first-order valence-electron chi connectivity index (χ1n) is 6.13. The number of carbonyl (C=O) groups is 2. The molecule has 1 amide bonds. The Morgan fingerprint density at radius 2 is 2.17 bits per heavy atom. The van der Waals surface area contributed by atoms with Crippen molar-refractivity contribution in [2.45, 2.75) is 32.4 Å². The zero-order valence-electron chi connectivity index (χ0n) is 10.2. The highest BCUT2D eigenvalue weighted by molar-refractivity contribution is 5.95. The van der Waals surface area contributed by atoms with Gasteiger partial charge in [0.15, 0.2) is 11.7 Å². The number of nitrogens with zero attached hydrogens (tertiary/aromatic N) is 2. The van der Waals surface area contributed by atoms with E-state index in [-0.39, 0.29) is 22.9 Å². The molecule has 0 radical (unpaired) electrons. The molecule has 1 aromatic rings. The van der Waals surface area contributed by atoms with Gasteiger partial charge in [-0.15, -0.1) is 0 Å². The summed E-state index contributed by atoms with van der Waals surface area (Å²) in [6.45, 7) is 3.07. The van der Waals surface area contributed by atoms with Gasteiger partial charge >= 0.3 is 0 Å². The van der Waals surface area contributed by atoms with Gasteiger partial charge in [0.25, 0.3) is 5.91 Å². The lowest BCUT2D eigenvalue weighted by Gasteiger charge is -2.33. The highest BCUT2D eigenvalue weighted by Crippen LogP contribution is 2.26. The van der Waals surface area contributed by atoms with Gasteiger partial charge in [0.1, 0.15) is 5.69 Å². The highest BCUT2D eigenvalue weighted by Gasteiger charge is 2.36. The molecule has 1 saturated heterocycles. The summed E-state index contributed by atoms with van der Waals surface area (Å²) in [5.74, 6) is -0.0733. The summed E-state index contributed by atoms with van der Waals surface area (Å²) < 4.78 is 1.77. The predicted octanol–water partition coefficient (Wildman–Crippen LogP) is 0.587. The number of hydrogen-bond donors (Lipinski definition) is 0. The lowest BCUT2D eigenvalue weighted by molar-refractivity contribution is 0.0664. The molecule has 1 unspecified atom stereocenters. The third kappa shape index (κ3) is 1.36. The van der Waals surface area contributed by atoms with Gasteiger partial charge < -0.3 is 9.47 Å². The maximum absolute atomic E-state index is 12.3. The molecular weight excluding hydrogens is 232 g/mol. The van der Waals surface area contributed by atoms with E-state index in [1.807, 2.05) is 4.90 Å². The Labute approximate surface area is 104 Å². The second kappa shape index (κ2) is 3.80. The SMILES string of the molecule is Cc1c2n(cc(C=O)c1=O)CC1CCCN1C2=O. The molecule has 1 aromatic heterocycles. The fraction of sp³-hybridized carbons (Fsp3) is 0.462. The number of amides is 1. The van der Waals surface area contributed by atoms with Crippen molar-refractivity contribution in [2.24, 2.45) is 0 Å². The summed E-state index contributed by atoms with van der Waals surface area (Å²) >= 11 is 0. The van der Waals surface area contributed by atoms with Crippen LogP contribution in [-0.4, -0.2) is 34.2 Å². The lowest BCUT2D eigenvalue weighted by atomic mass is 10.1. The second-order valence-corrected chi connectivity index (χ2v) is 4.95. The summed E-state index contributed by atoms with van der Waals surface area (Å²) in [5, 5.41) is 0. The molecule has 5 heteroatoms. The van der Waals surface area contributed by atoms with Crippen LogP contribution in [0.15, 0.2) is 11.0 Å². The van der Waals surface area contributed by atoms with Gasteiger partial charge in [0.05, 0.1) is 11.6 Å². The predicted molar refractivity (Wildman–Crippen MR) is 64.9 cm³/mol. The fourth-order valence-electron chi connectivity index (χ4n) is 3.00. The Hall–Kier alpha value is -1.91. The Morgan fingerprint density at radius 3 is 2.89 bits per heavy atom. The quantitative estimate of drug-likeness (QED) is 0.681. The van der Waals surface area contributed by atoms with Gasteiger partial charge in [-0.25, -0.2) is 0 Å². The van der Waals surface area contributed by atoms with E-state index in [9.17, 15) is 14.4 Å². The molecule has 0 bridgehead atoms. The van der Waals surface area contributed by atoms with Gasteiger partial charge in [-0.05, 0) is 19.8 Å². The molecule has 94 valence electrons. The summed E-state index contributed by atoms with van der Waals surface area (Å²) in [5.41, 5.74) is 0.636. The average molecular weight is 246 g/mol. The Balaban J connectivity index is 2.22. The summed E-state index contributed by atoms with van der Waals surface area (Å²) in [4.78, 5) is 37.0. The molecular formula is C13H14N2O3. The summed E-state index contributed by atoms with van der Waals surface area (Å²) in [6.07, 6.45) is 4.08. The number of pyridine rings is 1. The van der Waals surface area contributed by atoms with E-state index in [1.54, 1.807) is 11.5 Å². The van der Waals surface area contributed by atoms with Crippen molar-refractivity contribution >= 4 is 12.2 Å². The van der Waals surface area contributed by atoms with Gasteiger partial charge in [0, 0.05) is 24.8 Å². The number of hydrogen-bond acceptors (Lipinski definition) is 3. The van der Waals surface area contributed by atoms with Crippen LogP contribution in [0.4, 0.5) is 0 Å². The summed E-state index contributed by atoms with van der Waals surface area (Å²) in [6, 6.07) is 0.214. The Bertz CT molecular complexity index is 603. The van der Waals surface area contributed by atoms with Crippen molar-refractivity contribution in [3.05, 3.63) is 33.2 Å². The van der Waals surface area contributed by atoms with Crippen LogP contribution in [0.5, 0.6) is 0 Å². The minimum absolute atomic E-state index is 0.0733. The molecule has 0 aliphatic carbocycles. The van der Waals surface area contributed by atoms with E-state index in [4.69, 9.17) is 0 Å². The van der Waals surface area contributed by atoms with Crippen LogP contribution >= 0.6 is 0 Å². The first-order valence-corrected chi connectivity index (χ1v) is 6.13. The van der Waals surface area contributed by atoms with Crippen molar-refractivity contribution in [1.29, 1.82) is 0 Å². The van der Waals surface area contributed by atoms with E-state index < -0.39 is 0 Å². The van der Waals surface area contributed by atoms with Gasteiger partial charge in [-0.2, -0.15) is 0 Å². The van der Waals surface area contributed by atoms with E-state index in [0.29, 0.717) is 24.1 Å².